The van der Waals surface area contributed by atoms with Gasteiger partial charge in [-0.05, 0) is 12.0 Å². The van der Waals surface area contributed by atoms with Crippen molar-refractivity contribution in [3.63, 3.8) is 0 Å². The van der Waals surface area contributed by atoms with E-state index < -0.39 is 18.1 Å². The van der Waals surface area contributed by atoms with Crippen molar-refractivity contribution in [2.24, 2.45) is 0 Å². The highest BCUT2D eigenvalue weighted by atomic mass is 16.6. The third-order valence-electron chi connectivity index (χ3n) is 2.74. The monoisotopic (exact) mass is 235 g/mol. The summed E-state index contributed by atoms with van der Waals surface area (Å²) in [7, 11) is 0. The van der Waals surface area contributed by atoms with Crippen molar-refractivity contribution in [3.8, 4) is 0 Å². The molecular formula is C12H13NO4. The zero-order chi connectivity index (χ0) is 12.3. The number of benzene rings is 1. The zero-order valence-electron chi connectivity index (χ0n) is 9.20. The molecular weight excluding hydrogens is 222 g/mol. The number of hydrogen-bond donors (Lipinski definition) is 1. The lowest BCUT2D eigenvalue weighted by atomic mass is 10.1. The summed E-state index contributed by atoms with van der Waals surface area (Å²) in [5, 5.41) is 8.79. The van der Waals surface area contributed by atoms with E-state index in [0.717, 1.165) is 5.56 Å². The SMILES string of the molecule is O=C(O)[C@H]1CCN1C(=O)OCc1ccccc1. The third-order valence-corrected chi connectivity index (χ3v) is 2.74. The molecule has 1 saturated heterocycles. The summed E-state index contributed by atoms with van der Waals surface area (Å²) < 4.78 is 5.04. The predicted octanol–water partition coefficient (Wildman–Crippen LogP) is 1.48. The minimum Gasteiger partial charge on any atom is -0.480 e. The van der Waals surface area contributed by atoms with E-state index in [2.05, 4.69) is 0 Å². The number of hydrogen-bond acceptors (Lipinski definition) is 3. The molecule has 5 heteroatoms. The van der Waals surface area contributed by atoms with E-state index in [4.69, 9.17) is 9.84 Å². The molecule has 0 radical (unpaired) electrons. The van der Waals surface area contributed by atoms with E-state index >= 15 is 0 Å². The van der Waals surface area contributed by atoms with Crippen LogP contribution in [-0.4, -0.2) is 34.7 Å². The maximum atomic E-state index is 11.6. The highest BCUT2D eigenvalue weighted by Gasteiger charge is 2.38. The molecule has 1 aliphatic rings. The Balaban J connectivity index is 1.84. The van der Waals surface area contributed by atoms with Gasteiger partial charge < -0.3 is 9.84 Å². The van der Waals surface area contributed by atoms with E-state index in [1.54, 1.807) is 0 Å². The second-order valence-corrected chi connectivity index (χ2v) is 3.88. The molecule has 1 aliphatic heterocycles. The van der Waals surface area contributed by atoms with Gasteiger partial charge in [0.25, 0.3) is 0 Å². The van der Waals surface area contributed by atoms with E-state index in [-0.39, 0.29) is 6.61 Å². The molecule has 1 N–H and O–H groups in total. The molecule has 1 aromatic rings. The van der Waals surface area contributed by atoms with Gasteiger partial charge in [-0.25, -0.2) is 9.59 Å². The summed E-state index contributed by atoms with van der Waals surface area (Å²) in [5.41, 5.74) is 0.883. The normalized spacial score (nSPS) is 18.4. The minimum atomic E-state index is -0.979. The van der Waals surface area contributed by atoms with E-state index in [9.17, 15) is 9.59 Å². The smallest absolute Gasteiger partial charge is 0.410 e. The molecule has 1 fully saturated rings. The molecule has 0 bridgehead atoms. The Morgan fingerprint density at radius 1 is 1.35 bits per heavy atom. The van der Waals surface area contributed by atoms with Crippen LogP contribution in [-0.2, 0) is 16.1 Å². The first-order valence-corrected chi connectivity index (χ1v) is 5.38. The molecule has 1 amide bonds. The minimum absolute atomic E-state index is 0.169. The molecule has 0 aliphatic carbocycles. The first-order chi connectivity index (χ1) is 8.18. The van der Waals surface area contributed by atoms with Crippen LogP contribution in [0.3, 0.4) is 0 Å². The molecule has 0 spiro atoms. The standard InChI is InChI=1S/C12H13NO4/c14-11(15)10-6-7-13(10)12(16)17-8-9-4-2-1-3-5-9/h1-5,10H,6-8H2,(H,14,15)/t10-/m1/s1. The fourth-order valence-electron chi connectivity index (χ4n) is 1.66. The lowest BCUT2D eigenvalue weighted by Gasteiger charge is -2.36. The van der Waals surface area contributed by atoms with Crippen molar-refractivity contribution in [1.29, 1.82) is 0 Å². The molecule has 2 rings (SSSR count). The van der Waals surface area contributed by atoms with Crippen LogP contribution in [0.2, 0.25) is 0 Å². The Bertz CT molecular complexity index is 418. The summed E-state index contributed by atoms with van der Waals surface area (Å²) in [5.74, 6) is -0.979. The second-order valence-electron chi connectivity index (χ2n) is 3.88. The van der Waals surface area contributed by atoms with Crippen LogP contribution in [0, 0.1) is 0 Å². The van der Waals surface area contributed by atoms with Gasteiger partial charge in [0, 0.05) is 6.54 Å². The van der Waals surface area contributed by atoms with Gasteiger partial charge in [-0.2, -0.15) is 0 Å². The van der Waals surface area contributed by atoms with Crippen LogP contribution in [0.1, 0.15) is 12.0 Å². The summed E-state index contributed by atoms with van der Waals surface area (Å²) in [4.78, 5) is 23.5. The third kappa shape index (κ3) is 2.55. The van der Waals surface area contributed by atoms with Crippen molar-refractivity contribution in [3.05, 3.63) is 35.9 Å². The van der Waals surface area contributed by atoms with Crippen molar-refractivity contribution in [2.45, 2.75) is 19.1 Å². The summed E-state index contributed by atoms with van der Waals surface area (Å²) in [6, 6.07) is 8.55. The number of amides is 1. The van der Waals surface area contributed by atoms with Crippen molar-refractivity contribution >= 4 is 12.1 Å². The molecule has 17 heavy (non-hydrogen) atoms. The van der Waals surface area contributed by atoms with Crippen LogP contribution in [0.25, 0.3) is 0 Å². The Hall–Kier alpha value is -2.04. The van der Waals surface area contributed by atoms with E-state index in [0.29, 0.717) is 13.0 Å². The number of carbonyl (C=O) groups excluding carboxylic acids is 1. The van der Waals surface area contributed by atoms with Gasteiger partial charge in [-0.3, -0.25) is 4.90 Å². The molecule has 0 unspecified atom stereocenters. The largest absolute Gasteiger partial charge is 0.480 e. The van der Waals surface area contributed by atoms with E-state index in [1.165, 1.54) is 4.90 Å². The molecule has 5 nitrogen and oxygen atoms in total. The number of ether oxygens (including phenoxy) is 1. The van der Waals surface area contributed by atoms with Crippen LogP contribution in [0.4, 0.5) is 4.79 Å². The van der Waals surface area contributed by atoms with Crippen LogP contribution < -0.4 is 0 Å². The molecule has 1 atom stereocenters. The number of carbonyl (C=O) groups is 2. The fourth-order valence-corrected chi connectivity index (χ4v) is 1.66. The summed E-state index contributed by atoms with van der Waals surface area (Å²) in [6.07, 6.45) is -0.0667. The number of likely N-dealkylation sites (tertiary alicyclic amines) is 1. The first kappa shape index (κ1) is 11.4. The first-order valence-electron chi connectivity index (χ1n) is 5.38. The van der Waals surface area contributed by atoms with E-state index in [1.807, 2.05) is 30.3 Å². The topological polar surface area (TPSA) is 66.8 Å². The molecule has 1 heterocycles. The second kappa shape index (κ2) is 4.86. The van der Waals surface area contributed by atoms with Gasteiger partial charge in [-0.1, -0.05) is 30.3 Å². The van der Waals surface area contributed by atoms with Gasteiger partial charge in [0.1, 0.15) is 12.6 Å². The van der Waals surface area contributed by atoms with Crippen LogP contribution in [0.15, 0.2) is 30.3 Å². The maximum absolute atomic E-state index is 11.6. The number of carboxylic acids is 1. The van der Waals surface area contributed by atoms with Gasteiger partial charge >= 0.3 is 12.1 Å². The zero-order valence-corrected chi connectivity index (χ0v) is 9.20. The average Bonchev–Trinajstić information content (AvgIpc) is 2.25. The fraction of sp³-hybridized carbons (Fsp3) is 0.333. The number of carboxylic acid groups (broad SMARTS) is 1. The lowest BCUT2D eigenvalue weighted by molar-refractivity contribution is -0.146. The molecule has 1 aromatic carbocycles. The summed E-state index contributed by atoms with van der Waals surface area (Å²) >= 11 is 0. The highest BCUT2D eigenvalue weighted by molar-refractivity contribution is 5.81. The molecule has 0 aromatic heterocycles. The Kier molecular flexibility index (Phi) is 3.27. The Morgan fingerprint density at radius 3 is 2.59 bits per heavy atom. The lowest BCUT2D eigenvalue weighted by Crippen LogP contribution is -2.55. The number of nitrogens with zero attached hydrogens (tertiary/aromatic N) is 1. The molecule has 0 saturated carbocycles. The van der Waals surface area contributed by atoms with Gasteiger partial charge in [-0.15, -0.1) is 0 Å². The Labute approximate surface area is 98.6 Å². The van der Waals surface area contributed by atoms with Crippen molar-refractivity contribution in [2.75, 3.05) is 6.54 Å². The van der Waals surface area contributed by atoms with Gasteiger partial charge in [0.2, 0.25) is 0 Å². The number of aliphatic carboxylic acids is 1. The van der Waals surface area contributed by atoms with Crippen LogP contribution >= 0.6 is 0 Å². The highest BCUT2D eigenvalue weighted by Crippen LogP contribution is 2.19. The number of rotatable bonds is 3. The quantitative estimate of drug-likeness (QED) is 0.861. The van der Waals surface area contributed by atoms with Gasteiger partial charge in [0.15, 0.2) is 0 Å². The van der Waals surface area contributed by atoms with Gasteiger partial charge in [0.05, 0.1) is 0 Å². The Morgan fingerprint density at radius 2 is 2.06 bits per heavy atom. The van der Waals surface area contributed by atoms with Crippen molar-refractivity contribution < 1.29 is 19.4 Å². The molecule has 90 valence electrons. The predicted molar refractivity (Wildman–Crippen MR) is 59.4 cm³/mol. The summed E-state index contributed by atoms with van der Waals surface area (Å²) in [6.45, 7) is 0.618. The van der Waals surface area contributed by atoms with Crippen molar-refractivity contribution in [1.82, 2.24) is 4.90 Å². The average molecular weight is 235 g/mol. The van der Waals surface area contributed by atoms with Crippen LogP contribution in [0.5, 0.6) is 0 Å². The maximum Gasteiger partial charge on any atom is 0.410 e.